The van der Waals surface area contributed by atoms with Crippen LogP contribution in [-0.4, -0.2) is 28.4 Å². The van der Waals surface area contributed by atoms with Gasteiger partial charge in [0, 0.05) is 25.4 Å². The molecule has 16 heavy (non-hydrogen) atoms. The van der Waals surface area contributed by atoms with Gasteiger partial charge in [-0.3, -0.25) is 4.98 Å². The third-order valence-corrected chi connectivity index (χ3v) is 3.36. The van der Waals surface area contributed by atoms with Crippen molar-refractivity contribution < 1.29 is 9.84 Å². The Labute approximate surface area is 96.5 Å². The van der Waals surface area contributed by atoms with Crippen molar-refractivity contribution in [2.75, 3.05) is 6.61 Å². The maximum atomic E-state index is 10.2. The van der Waals surface area contributed by atoms with Crippen LogP contribution in [0.2, 0.25) is 0 Å². The highest BCUT2D eigenvalue weighted by Crippen LogP contribution is 2.29. The standard InChI is InChI=1S/C13H19NO2/c1-13(6-2-3-8-16-13)12(15)9-11-5-4-7-14-10-11/h4-5,7,10,12,15H,2-3,6,8-9H2,1H3. The van der Waals surface area contributed by atoms with Crippen molar-refractivity contribution in [1.82, 2.24) is 4.98 Å². The summed E-state index contributed by atoms with van der Waals surface area (Å²) in [5.41, 5.74) is 0.680. The maximum Gasteiger partial charge on any atom is 0.0915 e. The zero-order valence-electron chi connectivity index (χ0n) is 9.72. The molecule has 1 aromatic rings. The quantitative estimate of drug-likeness (QED) is 0.848. The van der Waals surface area contributed by atoms with Crippen LogP contribution in [0.25, 0.3) is 0 Å². The second-order valence-corrected chi connectivity index (χ2v) is 4.70. The van der Waals surface area contributed by atoms with Crippen LogP contribution in [0.1, 0.15) is 31.7 Å². The molecule has 3 heteroatoms. The number of aliphatic hydroxyl groups is 1. The van der Waals surface area contributed by atoms with Gasteiger partial charge >= 0.3 is 0 Å². The molecule has 0 aliphatic carbocycles. The molecule has 0 radical (unpaired) electrons. The molecule has 2 unspecified atom stereocenters. The van der Waals surface area contributed by atoms with Crippen molar-refractivity contribution in [2.45, 2.75) is 44.3 Å². The summed E-state index contributed by atoms with van der Waals surface area (Å²) in [5.74, 6) is 0. The minimum absolute atomic E-state index is 0.381. The van der Waals surface area contributed by atoms with Crippen LogP contribution >= 0.6 is 0 Å². The topological polar surface area (TPSA) is 42.4 Å². The van der Waals surface area contributed by atoms with Gasteiger partial charge in [0.1, 0.15) is 0 Å². The van der Waals surface area contributed by atoms with Crippen LogP contribution in [0, 0.1) is 0 Å². The molecule has 3 nitrogen and oxygen atoms in total. The van der Waals surface area contributed by atoms with Gasteiger partial charge in [-0.2, -0.15) is 0 Å². The zero-order chi connectivity index (χ0) is 11.4. The van der Waals surface area contributed by atoms with Crippen molar-refractivity contribution in [3.8, 4) is 0 Å². The molecule has 1 fully saturated rings. The molecule has 2 heterocycles. The molecule has 1 N–H and O–H groups in total. The van der Waals surface area contributed by atoms with Crippen LogP contribution in [0.5, 0.6) is 0 Å². The van der Waals surface area contributed by atoms with E-state index in [4.69, 9.17) is 4.74 Å². The van der Waals surface area contributed by atoms with Gasteiger partial charge in [0.2, 0.25) is 0 Å². The summed E-state index contributed by atoms with van der Waals surface area (Å²) < 4.78 is 5.73. The first-order valence-electron chi connectivity index (χ1n) is 5.92. The average molecular weight is 221 g/mol. The molecule has 0 bridgehead atoms. The van der Waals surface area contributed by atoms with Gasteiger partial charge in [-0.25, -0.2) is 0 Å². The summed E-state index contributed by atoms with van der Waals surface area (Å²) in [6.45, 7) is 2.77. The maximum absolute atomic E-state index is 10.2. The molecule has 2 rings (SSSR count). The molecule has 1 saturated heterocycles. The first-order valence-corrected chi connectivity index (χ1v) is 5.92. The Kier molecular flexibility index (Phi) is 3.56. The molecule has 0 aromatic carbocycles. The lowest BCUT2D eigenvalue weighted by Gasteiger charge is -2.38. The second-order valence-electron chi connectivity index (χ2n) is 4.70. The van der Waals surface area contributed by atoms with Crippen LogP contribution in [0.4, 0.5) is 0 Å². The highest BCUT2D eigenvalue weighted by atomic mass is 16.5. The summed E-state index contributed by atoms with van der Waals surface area (Å²) in [5, 5.41) is 10.2. The summed E-state index contributed by atoms with van der Waals surface area (Å²) in [6.07, 6.45) is 6.90. The number of aliphatic hydroxyl groups excluding tert-OH is 1. The SMILES string of the molecule is CC1(C(O)Cc2cccnc2)CCCCO1. The smallest absolute Gasteiger partial charge is 0.0915 e. The second kappa shape index (κ2) is 4.93. The van der Waals surface area contributed by atoms with Gasteiger partial charge < -0.3 is 9.84 Å². The Morgan fingerprint density at radius 2 is 2.44 bits per heavy atom. The Hall–Kier alpha value is -0.930. The van der Waals surface area contributed by atoms with Crippen molar-refractivity contribution in [1.29, 1.82) is 0 Å². The Bertz CT molecular complexity index is 320. The van der Waals surface area contributed by atoms with E-state index in [1.165, 1.54) is 0 Å². The molecule has 0 saturated carbocycles. The van der Waals surface area contributed by atoms with Crippen molar-refractivity contribution in [3.05, 3.63) is 30.1 Å². The lowest BCUT2D eigenvalue weighted by atomic mass is 9.87. The molecule has 1 aromatic heterocycles. The van der Waals surface area contributed by atoms with Gasteiger partial charge in [-0.1, -0.05) is 6.07 Å². The van der Waals surface area contributed by atoms with E-state index in [0.717, 1.165) is 31.4 Å². The Balaban J connectivity index is 1.99. The fraction of sp³-hybridized carbons (Fsp3) is 0.615. The molecule has 0 spiro atoms. The first-order chi connectivity index (χ1) is 7.71. The van der Waals surface area contributed by atoms with Crippen LogP contribution < -0.4 is 0 Å². The van der Waals surface area contributed by atoms with E-state index in [1.807, 2.05) is 19.1 Å². The summed E-state index contributed by atoms with van der Waals surface area (Å²) >= 11 is 0. The van der Waals surface area contributed by atoms with E-state index >= 15 is 0 Å². The molecule has 2 atom stereocenters. The molecule has 1 aliphatic heterocycles. The predicted octanol–water partition coefficient (Wildman–Crippen LogP) is 1.94. The average Bonchev–Trinajstić information content (AvgIpc) is 2.31. The van der Waals surface area contributed by atoms with E-state index in [2.05, 4.69) is 4.98 Å². The van der Waals surface area contributed by atoms with E-state index in [1.54, 1.807) is 12.4 Å². The number of hydrogen-bond acceptors (Lipinski definition) is 3. The Morgan fingerprint density at radius 3 is 3.06 bits per heavy atom. The molecule has 0 amide bonds. The zero-order valence-corrected chi connectivity index (χ0v) is 9.72. The number of aromatic nitrogens is 1. The van der Waals surface area contributed by atoms with Gasteiger partial charge in [-0.15, -0.1) is 0 Å². The number of pyridine rings is 1. The largest absolute Gasteiger partial charge is 0.390 e. The monoisotopic (exact) mass is 221 g/mol. The molecular formula is C13H19NO2. The van der Waals surface area contributed by atoms with E-state index in [9.17, 15) is 5.11 Å². The lowest BCUT2D eigenvalue weighted by Crippen LogP contribution is -2.45. The highest BCUT2D eigenvalue weighted by molar-refractivity contribution is 5.11. The van der Waals surface area contributed by atoms with Crippen molar-refractivity contribution in [3.63, 3.8) is 0 Å². The fourth-order valence-electron chi connectivity index (χ4n) is 2.18. The fourth-order valence-corrected chi connectivity index (χ4v) is 2.18. The van der Waals surface area contributed by atoms with Crippen molar-refractivity contribution >= 4 is 0 Å². The normalized spacial score (nSPS) is 27.6. The van der Waals surface area contributed by atoms with Gasteiger partial charge in [0.15, 0.2) is 0 Å². The molecule has 88 valence electrons. The van der Waals surface area contributed by atoms with Gasteiger partial charge in [0.25, 0.3) is 0 Å². The third-order valence-electron chi connectivity index (χ3n) is 3.36. The number of hydrogen-bond donors (Lipinski definition) is 1. The number of nitrogens with zero attached hydrogens (tertiary/aromatic N) is 1. The number of rotatable bonds is 3. The third kappa shape index (κ3) is 2.60. The van der Waals surface area contributed by atoms with E-state index < -0.39 is 6.10 Å². The predicted molar refractivity (Wildman–Crippen MR) is 62.2 cm³/mol. The number of ether oxygens (including phenoxy) is 1. The van der Waals surface area contributed by atoms with Crippen LogP contribution in [0.15, 0.2) is 24.5 Å². The minimum Gasteiger partial charge on any atom is -0.390 e. The summed E-state index contributed by atoms with van der Waals surface area (Å²) in [4.78, 5) is 4.05. The summed E-state index contributed by atoms with van der Waals surface area (Å²) in [7, 11) is 0. The van der Waals surface area contributed by atoms with Gasteiger partial charge in [0.05, 0.1) is 11.7 Å². The first kappa shape index (κ1) is 11.6. The van der Waals surface area contributed by atoms with Crippen LogP contribution in [0.3, 0.4) is 0 Å². The highest BCUT2D eigenvalue weighted by Gasteiger charge is 2.35. The Morgan fingerprint density at radius 1 is 1.56 bits per heavy atom. The molecular weight excluding hydrogens is 202 g/mol. The van der Waals surface area contributed by atoms with E-state index in [0.29, 0.717) is 6.42 Å². The van der Waals surface area contributed by atoms with Gasteiger partial charge in [-0.05, 0) is 37.8 Å². The molecule has 1 aliphatic rings. The summed E-state index contributed by atoms with van der Waals surface area (Å²) in [6, 6.07) is 3.88. The minimum atomic E-state index is -0.447. The van der Waals surface area contributed by atoms with Crippen molar-refractivity contribution in [2.24, 2.45) is 0 Å². The lowest BCUT2D eigenvalue weighted by molar-refractivity contribution is -0.135. The van der Waals surface area contributed by atoms with Crippen LogP contribution in [-0.2, 0) is 11.2 Å². The van der Waals surface area contributed by atoms with E-state index in [-0.39, 0.29) is 5.60 Å².